The van der Waals surface area contributed by atoms with Gasteiger partial charge >= 0.3 is 12.1 Å². The summed E-state index contributed by atoms with van der Waals surface area (Å²) in [4.78, 5) is 23.6. The van der Waals surface area contributed by atoms with Gasteiger partial charge in [-0.15, -0.1) is 0 Å². The van der Waals surface area contributed by atoms with Crippen LogP contribution in [-0.4, -0.2) is 37.4 Å². The van der Waals surface area contributed by atoms with Gasteiger partial charge in [-0.1, -0.05) is 60.7 Å². The minimum Gasteiger partial charge on any atom is -0.497 e. The van der Waals surface area contributed by atoms with Crippen LogP contribution in [-0.2, 0) is 4.74 Å². The molecule has 1 aliphatic rings. The fraction of sp³-hybridized carbons (Fsp3) is 0.154. The molecule has 6 nitrogen and oxygen atoms in total. The Morgan fingerprint density at radius 2 is 1.66 bits per heavy atom. The van der Waals surface area contributed by atoms with Crippen molar-refractivity contribution in [2.45, 2.75) is 5.92 Å². The highest BCUT2D eigenvalue weighted by atomic mass is 16.5. The third-order valence-electron chi connectivity index (χ3n) is 5.49. The lowest BCUT2D eigenvalue weighted by Gasteiger charge is -2.14. The van der Waals surface area contributed by atoms with Crippen LogP contribution in [0.15, 0.2) is 72.8 Å². The van der Waals surface area contributed by atoms with Gasteiger partial charge in [0, 0.05) is 12.5 Å². The zero-order chi connectivity index (χ0) is 22.5. The van der Waals surface area contributed by atoms with Crippen LogP contribution in [0.3, 0.4) is 0 Å². The zero-order valence-corrected chi connectivity index (χ0v) is 17.6. The lowest BCUT2D eigenvalue weighted by molar-refractivity contribution is 0.0696. The molecule has 0 spiro atoms. The number of carboxylic acid groups (broad SMARTS) is 1. The van der Waals surface area contributed by atoms with Crippen molar-refractivity contribution < 1.29 is 24.2 Å². The molecule has 0 atom stereocenters. The average molecular weight is 429 g/mol. The molecule has 3 aromatic carbocycles. The van der Waals surface area contributed by atoms with Gasteiger partial charge in [0.15, 0.2) is 0 Å². The van der Waals surface area contributed by atoms with Crippen molar-refractivity contribution in [1.82, 2.24) is 5.32 Å². The van der Waals surface area contributed by atoms with Crippen molar-refractivity contribution >= 4 is 18.1 Å². The molecule has 0 unspecified atom stereocenters. The Hall–Kier alpha value is -4.06. The second-order valence-electron chi connectivity index (χ2n) is 7.37. The first-order valence-electron chi connectivity index (χ1n) is 10.2. The largest absolute Gasteiger partial charge is 0.497 e. The van der Waals surface area contributed by atoms with E-state index in [0.717, 1.165) is 11.1 Å². The van der Waals surface area contributed by atoms with Crippen LogP contribution in [0.25, 0.3) is 17.2 Å². The summed E-state index contributed by atoms with van der Waals surface area (Å²) < 4.78 is 10.6. The smallest absolute Gasteiger partial charge is 0.407 e. The van der Waals surface area contributed by atoms with E-state index in [9.17, 15) is 14.7 Å². The number of carbonyl (C=O) groups is 2. The summed E-state index contributed by atoms with van der Waals surface area (Å²) >= 11 is 0. The van der Waals surface area contributed by atoms with E-state index in [0.29, 0.717) is 11.3 Å². The molecule has 3 aromatic rings. The van der Waals surface area contributed by atoms with Crippen molar-refractivity contribution in [1.29, 1.82) is 0 Å². The Kier molecular flexibility index (Phi) is 6.22. The van der Waals surface area contributed by atoms with Crippen LogP contribution in [0, 0.1) is 0 Å². The third kappa shape index (κ3) is 4.34. The SMILES string of the molecule is COc1ccc(C(=O)O)c(C=CCNC(=O)OCC2c3ccccc3-c3ccccc32)c1. The van der Waals surface area contributed by atoms with Crippen LogP contribution in [0.2, 0.25) is 0 Å². The molecule has 162 valence electrons. The lowest BCUT2D eigenvalue weighted by atomic mass is 9.98. The maximum Gasteiger partial charge on any atom is 0.407 e. The molecule has 0 heterocycles. The van der Waals surface area contributed by atoms with Gasteiger partial charge < -0.3 is 19.9 Å². The summed E-state index contributed by atoms with van der Waals surface area (Å²) in [6.45, 7) is 0.440. The molecule has 32 heavy (non-hydrogen) atoms. The van der Waals surface area contributed by atoms with Crippen molar-refractivity contribution in [3.8, 4) is 16.9 Å². The maximum absolute atomic E-state index is 12.2. The van der Waals surface area contributed by atoms with E-state index < -0.39 is 12.1 Å². The summed E-state index contributed by atoms with van der Waals surface area (Å²) in [5.74, 6) is -0.477. The second-order valence-corrected chi connectivity index (χ2v) is 7.37. The van der Waals surface area contributed by atoms with E-state index in [2.05, 4.69) is 29.6 Å². The molecule has 0 saturated heterocycles. The molecular formula is C26H23NO5. The highest BCUT2D eigenvalue weighted by Gasteiger charge is 2.28. The van der Waals surface area contributed by atoms with Crippen molar-refractivity contribution in [3.63, 3.8) is 0 Å². The molecule has 0 aliphatic heterocycles. The molecule has 6 heteroatoms. The van der Waals surface area contributed by atoms with E-state index in [1.807, 2.05) is 24.3 Å². The van der Waals surface area contributed by atoms with Crippen molar-refractivity contribution in [3.05, 3.63) is 95.1 Å². The number of methoxy groups -OCH3 is 1. The summed E-state index contributed by atoms with van der Waals surface area (Å²) in [6, 6.07) is 21.0. The Morgan fingerprint density at radius 1 is 1.00 bits per heavy atom. The fourth-order valence-corrected chi connectivity index (χ4v) is 3.98. The van der Waals surface area contributed by atoms with Gasteiger partial charge in [0.05, 0.1) is 12.7 Å². The third-order valence-corrected chi connectivity index (χ3v) is 5.49. The molecule has 4 rings (SSSR count). The van der Waals surface area contributed by atoms with Gasteiger partial charge in [0.1, 0.15) is 12.4 Å². The van der Waals surface area contributed by atoms with E-state index >= 15 is 0 Å². The highest BCUT2D eigenvalue weighted by Crippen LogP contribution is 2.44. The molecular weight excluding hydrogens is 406 g/mol. The first-order chi connectivity index (χ1) is 15.6. The minimum atomic E-state index is -1.03. The molecule has 0 fully saturated rings. The Labute approximate surface area is 186 Å². The van der Waals surface area contributed by atoms with Crippen LogP contribution < -0.4 is 10.1 Å². The first-order valence-corrected chi connectivity index (χ1v) is 10.2. The van der Waals surface area contributed by atoms with Gasteiger partial charge in [-0.05, 0) is 46.0 Å². The molecule has 0 aromatic heterocycles. The van der Waals surface area contributed by atoms with Gasteiger partial charge in [-0.25, -0.2) is 9.59 Å². The van der Waals surface area contributed by atoms with Crippen molar-refractivity contribution in [2.75, 3.05) is 20.3 Å². The topological polar surface area (TPSA) is 84.9 Å². The molecule has 1 aliphatic carbocycles. The number of fused-ring (bicyclic) bond motifs is 3. The predicted molar refractivity (Wildman–Crippen MR) is 122 cm³/mol. The van der Waals surface area contributed by atoms with Crippen LogP contribution in [0.4, 0.5) is 4.79 Å². The summed E-state index contributed by atoms with van der Waals surface area (Å²) in [7, 11) is 1.52. The van der Waals surface area contributed by atoms with Gasteiger partial charge in [0.2, 0.25) is 0 Å². The monoisotopic (exact) mass is 429 g/mol. The lowest BCUT2D eigenvalue weighted by Crippen LogP contribution is -2.26. The van der Waals surface area contributed by atoms with E-state index in [-0.39, 0.29) is 24.6 Å². The van der Waals surface area contributed by atoms with Gasteiger partial charge in [-0.2, -0.15) is 0 Å². The number of carbonyl (C=O) groups excluding carboxylic acids is 1. The van der Waals surface area contributed by atoms with Crippen LogP contribution in [0.5, 0.6) is 5.75 Å². The number of benzene rings is 3. The number of amides is 1. The van der Waals surface area contributed by atoms with E-state index in [1.165, 1.54) is 24.3 Å². The summed E-state index contributed by atoms with van der Waals surface area (Å²) in [6.07, 6.45) is 2.78. The van der Waals surface area contributed by atoms with Gasteiger partial charge in [0.25, 0.3) is 0 Å². The number of rotatable bonds is 7. The van der Waals surface area contributed by atoms with E-state index in [1.54, 1.807) is 24.3 Å². The Bertz CT molecular complexity index is 1140. The van der Waals surface area contributed by atoms with Crippen molar-refractivity contribution in [2.24, 2.45) is 0 Å². The number of nitrogens with one attached hydrogen (secondary N) is 1. The normalized spacial score (nSPS) is 12.3. The summed E-state index contributed by atoms with van der Waals surface area (Å²) in [5.41, 5.74) is 5.30. The quantitative estimate of drug-likeness (QED) is 0.555. The van der Waals surface area contributed by atoms with Gasteiger partial charge in [-0.3, -0.25) is 0 Å². The molecule has 0 saturated carbocycles. The number of aromatic carboxylic acids is 1. The summed E-state index contributed by atoms with van der Waals surface area (Å²) in [5, 5.41) is 12.0. The first kappa shape index (κ1) is 21.2. The predicted octanol–water partition coefficient (Wildman–Crippen LogP) is 4.95. The fourth-order valence-electron chi connectivity index (χ4n) is 3.98. The molecule has 2 N–H and O–H groups in total. The number of hydrogen-bond donors (Lipinski definition) is 2. The van der Waals surface area contributed by atoms with Crippen LogP contribution >= 0.6 is 0 Å². The molecule has 0 bridgehead atoms. The van der Waals surface area contributed by atoms with E-state index in [4.69, 9.17) is 9.47 Å². The standard InChI is InChI=1S/C26H23NO5/c1-31-18-12-13-19(25(28)29)17(15-18)7-6-14-27-26(30)32-16-24-22-10-4-2-8-20(22)21-9-3-5-11-23(21)24/h2-13,15,24H,14,16H2,1H3,(H,27,30)(H,28,29). The van der Waals surface area contributed by atoms with Crippen LogP contribution in [0.1, 0.15) is 33.0 Å². The Morgan fingerprint density at radius 3 is 2.28 bits per heavy atom. The highest BCUT2D eigenvalue weighted by molar-refractivity contribution is 5.92. The molecule has 1 amide bonds. The number of carboxylic acids is 1. The Balaban J connectivity index is 1.36. The minimum absolute atomic E-state index is 0.00130. The second kappa shape index (κ2) is 9.39. The molecule has 0 radical (unpaired) electrons. The number of hydrogen-bond acceptors (Lipinski definition) is 4. The number of alkyl carbamates (subject to hydrolysis) is 1. The number of ether oxygens (including phenoxy) is 2. The maximum atomic E-state index is 12.2. The average Bonchev–Trinajstić information content (AvgIpc) is 3.14. The zero-order valence-electron chi connectivity index (χ0n) is 17.6.